The molecule has 4 atom stereocenters. The van der Waals surface area contributed by atoms with Gasteiger partial charge in [0.15, 0.2) is 0 Å². The van der Waals surface area contributed by atoms with E-state index in [0.717, 1.165) is 10.8 Å². The van der Waals surface area contributed by atoms with Crippen LogP contribution in [0.3, 0.4) is 0 Å². The lowest BCUT2D eigenvalue weighted by molar-refractivity contribution is 0.0993. The molecule has 11 heavy (non-hydrogen) atoms. The first-order valence-electron chi connectivity index (χ1n) is 5.42. The maximum atomic E-state index is 1.63. The van der Waals surface area contributed by atoms with E-state index in [1.807, 2.05) is 0 Å². The zero-order valence-corrected chi connectivity index (χ0v) is 7.10. The second kappa shape index (κ2) is 1.30. The summed E-state index contributed by atoms with van der Waals surface area (Å²) >= 11 is 0. The normalized spacial score (nSPS) is 69.8. The van der Waals surface area contributed by atoms with Gasteiger partial charge in [-0.1, -0.05) is 19.3 Å². The van der Waals surface area contributed by atoms with E-state index in [-0.39, 0.29) is 0 Å². The molecule has 4 rings (SSSR count). The van der Waals surface area contributed by atoms with Crippen LogP contribution in [0.1, 0.15) is 44.9 Å². The van der Waals surface area contributed by atoms with Gasteiger partial charge in [0.1, 0.15) is 0 Å². The van der Waals surface area contributed by atoms with E-state index in [4.69, 9.17) is 0 Å². The molecular formula is C11H16. The summed E-state index contributed by atoms with van der Waals surface area (Å²) in [7, 11) is 0. The molecule has 0 heterocycles. The average Bonchev–Trinajstić information content (AvgIpc) is 2.89. The van der Waals surface area contributed by atoms with E-state index in [1.165, 1.54) is 11.8 Å². The van der Waals surface area contributed by atoms with Gasteiger partial charge in [-0.3, -0.25) is 0 Å². The van der Waals surface area contributed by atoms with E-state index in [0.29, 0.717) is 0 Å². The molecule has 0 N–H and O–H groups in total. The van der Waals surface area contributed by atoms with Gasteiger partial charge >= 0.3 is 0 Å². The first-order valence-corrected chi connectivity index (χ1v) is 5.42. The van der Waals surface area contributed by atoms with Crippen LogP contribution < -0.4 is 0 Å². The summed E-state index contributed by atoms with van der Waals surface area (Å²) in [5.74, 6) is 2.52. The van der Waals surface area contributed by atoms with Crippen molar-refractivity contribution in [2.45, 2.75) is 44.9 Å². The smallest absolute Gasteiger partial charge is 0.0170 e. The Morgan fingerprint density at radius 3 is 2.64 bits per heavy atom. The monoisotopic (exact) mass is 148 g/mol. The molecule has 4 saturated carbocycles. The van der Waals surface area contributed by atoms with E-state index < -0.39 is 0 Å². The van der Waals surface area contributed by atoms with Gasteiger partial charge in [0.2, 0.25) is 0 Å². The van der Waals surface area contributed by atoms with Crippen molar-refractivity contribution in [3.63, 3.8) is 0 Å². The molecule has 2 spiro atoms. The molecule has 4 aliphatic rings. The molecule has 60 valence electrons. The van der Waals surface area contributed by atoms with E-state index >= 15 is 0 Å². The molecule has 0 aromatic rings. The van der Waals surface area contributed by atoms with Crippen molar-refractivity contribution in [2.75, 3.05) is 0 Å². The lowest BCUT2D eigenvalue weighted by Crippen LogP contribution is -2.30. The molecule has 0 radical (unpaired) electrons. The first-order chi connectivity index (χ1) is 5.42. The average molecular weight is 148 g/mol. The van der Waals surface area contributed by atoms with Crippen molar-refractivity contribution in [3.05, 3.63) is 0 Å². The van der Waals surface area contributed by atoms with Gasteiger partial charge < -0.3 is 0 Å². The highest BCUT2D eigenvalue weighted by molar-refractivity contribution is 5.41. The zero-order valence-electron chi connectivity index (χ0n) is 7.10. The Bertz CT molecular complexity index is 212. The van der Waals surface area contributed by atoms with Gasteiger partial charge in [-0.05, 0) is 48.3 Å². The summed E-state index contributed by atoms with van der Waals surface area (Å²) in [6.07, 6.45) is 11.2. The van der Waals surface area contributed by atoms with E-state index in [2.05, 4.69) is 0 Å². The highest BCUT2D eigenvalue weighted by atomic mass is 15.0. The molecule has 0 heteroatoms. The molecule has 0 aliphatic heterocycles. The highest BCUT2D eigenvalue weighted by Crippen LogP contribution is 2.99. The Hall–Kier alpha value is 0. The van der Waals surface area contributed by atoms with Gasteiger partial charge in [0.05, 0.1) is 0 Å². The highest BCUT2D eigenvalue weighted by Gasteiger charge is 2.93. The topological polar surface area (TPSA) is 0 Å². The summed E-state index contributed by atoms with van der Waals surface area (Å²) in [6, 6.07) is 0. The second-order valence-corrected chi connectivity index (χ2v) is 5.38. The van der Waals surface area contributed by atoms with Gasteiger partial charge in [-0.25, -0.2) is 0 Å². The number of hydrogen-bond donors (Lipinski definition) is 0. The molecule has 0 amide bonds. The standard InChI is InChI=1S/C11H16/c1-2-7-11-8-4-3-6-10(11,5-1)9(8)11/h8-9H,1-7H2/t8-,9+,10+,11-/m0/s1. The summed E-state index contributed by atoms with van der Waals surface area (Å²) in [6.45, 7) is 0. The fourth-order valence-corrected chi connectivity index (χ4v) is 5.32. The van der Waals surface area contributed by atoms with E-state index in [9.17, 15) is 0 Å². The Morgan fingerprint density at radius 2 is 1.73 bits per heavy atom. The maximum Gasteiger partial charge on any atom is -0.0170 e. The quantitative estimate of drug-likeness (QED) is 0.495. The number of rotatable bonds is 0. The summed E-state index contributed by atoms with van der Waals surface area (Å²) in [5, 5.41) is 0. The Morgan fingerprint density at radius 1 is 0.909 bits per heavy atom. The van der Waals surface area contributed by atoms with Crippen molar-refractivity contribution >= 4 is 0 Å². The Labute approximate surface area is 68.4 Å². The van der Waals surface area contributed by atoms with Gasteiger partial charge in [-0.15, -0.1) is 0 Å². The maximum absolute atomic E-state index is 1.63. The molecule has 0 nitrogen and oxygen atoms in total. The first kappa shape index (κ1) is 5.61. The van der Waals surface area contributed by atoms with Crippen molar-refractivity contribution < 1.29 is 0 Å². The van der Waals surface area contributed by atoms with Crippen LogP contribution in [0.25, 0.3) is 0 Å². The summed E-state index contributed by atoms with van der Waals surface area (Å²) < 4.78 is 0. The van der Waals surface area contributed by atoms with Crippen molar-refractivity contribution in [1.82, 2.24) is 0 Å². The predicted molar refractivity (Wildman–Crippen MR) is 44.2 cm³/mol. The Balaban J connectivity index is 1.79. The summed E-state index contributed by atoms with van der Waals surface area (Å²) in [5.41, 5.74) is 1.98. The lowest BCUT2D eigenvalue weighted by atomic mass is 9.65. The van der Waals surface area contributed by atoms with Crippen LogP contribution in [0, 0.1) is 22.7 Å². The second-order valence-electron chi connectivity index (χ2n) is 5.38. The molecule has 0 unspecified atom stereocenters. The summed E-state index contributed by atoms with van der Waals surface area (Å²) in [4.78, 5) is 0. The van der Waals surface area contributed by atoms with Gasteiger partial charge in [0.25, 0.3) is 0 Å². The molecular weight excluding hydrogens is 132 g/mol. The minimum atomic E-state index is 0.980. The van der Waals surface area contributed by atoms with Crippen LogP contribution in [0.2, 0.25) is 0 Å². The molecule has 0 bridgehead atoms. The fourth-order valence-electron chi connectivity index (χ4n) is 5.32. The SMILES string of the molecule is C1CC[C@@]23[C@@H]4[C@@H]2CCC[C@]43C1. The molecule has 0 saturated heterocycles. The fraction of sp³-hybridized carbons (Fsp3) is 1.00. The van der Waals surface area contributed by atoms with Crippen LogP contribution in [-0.4, -0.2) is 0 Å². The third kappa shape index (κ3) is 0.346. The van der Waals surface area contributed by atoms with E-state index in [1.54, 1.807) is 44.9 Å². The lowest BCUT2D eigenvalue weighted by Gasteiger charge is -2.40. The predicted octanol–water partition coefficient (Wildman–Crippen LogP) is 2.98. The minimum Gasteiger partial charge on any atom is -0.0527 e. The largest absolute Gasteiger partial charge is 0.0527 e. The van der Waals surface area contributed by atoms with Crippen LogP contribution in [0.4, 0.5) is 0 Å². The third-order valence-electron chi connectivity index (χ3n) is 5.55. The molecule has 4 fully saturated rings. The van der Waals surface area contributed by atoms with Crippen molar-refractivity contribution in [3.8, 4) is 0 Å². The molecule has 0 aromatic carbocycles. The molecule has 0 aromatic heterocycles. The Kier molecular flexibility index (Phi) is 0.661. The minimum absolute atomic E-state index is 0.980. The van der Waals surface area contributed by atoms with Gasteiger partial charge in [-0.2, -0.15) is 0 Å². The van der Waals surface area contributed by atoms with Crippen molar-refractivity contribution in [1.29, 1.82) is 0 Å². The van der Waals surface area contributed by atoms with Crippen molar-refractivity contribution in [2.24, 2.45) is 22.7 Å². The van der Waals surface area contributed by atoms with Gasteiger partial charge in [0, 0.05) is 0 Å². The van der Waals surface area contributed by atoms with Crippen LogP contribution in [-0.2, 0) is 0 Å². The van der Waals surface area contributed by atoms with Crippen LogP contribution in [0.5, 0.6) is 0 Å². The zero-order chi connectivity index (χ0) is 7.10. The van der Waals surface area contributed by atoms with Crippen LogP contribution >= 0.6 is 0 Å². The third-order valence-corrected chi connectivity index (χ3v) is 5.55. The molecule has 4 aliphatic carbocycles. The van der Waals surface area contributed by atoms with Crippen LogP contribution in [0.15, 0.2) is 0 Å². The number of hydrogen-bond acceptors (Lipinski definition) is 0.